The van der Waals surface area contributed by atoms with Crippen LogP contribution in [0.25, 0.3) is 0 Å². The highest BCUT2D eigenvalue weighted by atomic mass is 19.1. The Hall–Kier alpha value is -1.98. The predicted octanol–water partition coefficient (Wildman–Crippen LogP) is 1.65. The molecule has 98 valence electrons. The van der Waals surface area contributed by atoms with E-state index in [1.807, 2.05) is 0 Å². The molecule has 0 aliphatic carbocycles. The summed E-state index contributed by atoms with van der Waals surface area (Å²) < 4.78 is 30.3. The Morgan fingerprint density at radius 1 is 1.33 bits per heavy atom. The molecule has 0 aromatic heterocycles. The van der Waals surface area contributed by atoms with Gasteiger partial charge in [-0.15, -0.1) is 0 Å². The van der Waals surface area contributed by atoms with Crippen LogP contribution in [0.1, 0.15) is 23.2 Å². The fourth-order valence-corrected chi connectivity index (χ4v) is 1.31. The number of amides is 1. The van der Waals surface area contributed by atoms with Crippen molar-refractivity contribution in [3.8, 4) is 0 Å². The summed E-state index contributed by atoms with van der Waals surface area (Å²) in [5.41, 5.74) is -0.227. The summed E-state index contributed by atoms with van der Waals surface area (Å²) in [6.45, 7) is 0.213. The minimum absolute atomic E-state index is 0.169. The van der Waals surface area contributed by atoms with Crippen LogP contribution in [0, 0.1) is 11.6 Å². The number of benzene rings is 1. The van der Waals surface area contributed by atoms with E-state index in [4.69, 9.17) is 0 Å². The molecule has 1 aromatic carbocycles. The lowest BCUT2D eigenvalue weighted by Gasteiger charge is -2.05. The number of halogens is 2. The van der Waals surface area contributed by atoms with Crippen LogP contribution in [-0.4, -0.2) is 25.5 Å². The summed E-state index contributed by atoms with van der Waals surface area (Å²) in [4.78, 5) is 22.3. The van der Waals surface area contributed by atoms with Crippen LogP contribution in [0.2, 0.25) is 0 Å². The molecule has 6 heteroatoms. The molecule has 1 rings (SSSR count). The Morgan fingerprint density at radius 3 is 2.67 bits per heavy atom. The minimum atomic E-state index is -0.916. The zero-order valence-electron chi connectivity index (χ0n) is 9.83. The molecule has 4 nitrogen and oxygen atoms in total. The molecule has 1 N–H and O–H groups in total. The van der Waals surface area contributed by atoms with Crippen molar-refractivity contribution in [2.24, 2.45) is 0 Å². The number of carbonyl (C=O) groups is 2. The monoisotopic (exact) mass is 257 g/mol. The van der Waals surface area contributed by atoms with Gasteiger partial charge < -0.3 is 10.1 Å². The Bertz CT molecular complexity index is 449. The van der Waals surface area contributed by atoms with Gasteiger partial charge in [0.25, 0.3) is 5.91 Å². The number of methoxy groups -OCH3 is 1. The van der Waals surface area contributed by atoms with Crippen molar-refractivity contribution in [3.05, 3.63) is 35.4 Å². The summed E-state index contributed by atoms with van der Waals surface area (Å²) in [6, 6.07) is 2.72. The van der Waals surface area contributed by atoms with E-state index in [9.17, 15) is 18.4 Å². The highest BCUT2D eigenvalue weighted by molar-refractivity contribution is 5.94. The molecule has 0 spiro atoms. The summed E-state index contributed by atoms with van der Waals surface area (Å²) in [6.07, 6.45) is 0.559. The zero-order valence-corrected chi connectivity index (χ0v) is 9.83. The molecule has 0 bridgehead atoms. The van der Waals surface area contributed by atoms with Gasteiger partial charge in [0, 0.05) is 19.0 Å². The first-order valence-electron chi connectivity index (χ1n) is 5.34. The van der Waals surface area contributed by atoms with Crippen molar-refractivity contribution in [3.63, 3.8) is 0 Å². The van der Waals surface area contributed by atoms with Crippen molar-refractivity contribution < 1.29 is 23.1 Å². The zero-order chi connectivity index (χ0) is 13.5. The van der Waals surface area contributed by atoms with Gasteiger partial charge in [-0.3, -0.25) is 9.59 Å². The second-order valence-electron chi connectivity index (χ2n) is 3.56. The maximum atomic E-state index is 13.2. The quantitative estimate of drug-likeness (QED) is 0.644. The van der Waals surface area contributed by atoms with Gasteiger partial charge in [-0.25, -0.2) is 8.78 Å². The molecule has 0 unspecified atom stereocenters. The molecule has 0 heterocycles. The van der Waals surface area contributed by atoms with Gasteiger partial charge in [-0.2, -0.15) is 0 Å². The highest BCUT2D eigenvalue weighted by Crippen LogP contribution is 2.09. The van der Waals surface area contributed by atoms with E-state index < -0.39 is 17.5 Å². The molecular weight excluding hydrogens is 244 g/mol. The van der Waals surface area contributed by atoms with E-state index >= 15 is 0 Å². The van der Waals surface area contributed by atoms with Gasteiger partial charge in [-0.1, -0.05) is 0 Å². The van der Waals surface area contributed by atoms with Gasteiger partial charge >= 0.3 is 5.97 Å². The number of carbonyl (C=O) groups excluding carboxylic acids is 2. The van der Waals surface area contributed by atoms with Gasteiger partial charge in [0.05, 0.1) is 12.7 Å². The van der Waals surface area contributed by atoms with E-state index in [2.05, 4.69) is 10.1 Å². The van der Waals surface area contributed by atoms with Crippen molar-refractivity contribution in [2.75, 3.05) is 13.7 Å². The normalized spacial score (nSPS) is 9.94. The highest BCUT2D eigenvalue weighted by Gasteiger charge is 2.11. The molecule has 18 heavy (non-hydrogen) atoms. The second kappa shape index (κ2) is 6.68. The smallest absolute Gasteiger partial charge is 0.305 e. The van der Waals surface area contributed by atoms with Crippen molar-refractivity contribution in [1.29, 1.82) is 0 Å². The third kappa shape index (κ3) is 4.12. The Labute approximate surface area is 103 Å². The molecular formula is C12H13F2NO3. The average Bonchev–Trinajstić information content (AvgIpc) is 2.34. The lowest BCUT2D eigenvalue weighted by molar-refractivity contribution is -0.140. The van der Waals surface area contributed by atoms with Gasteiger partial charge in [0.15, 0.2) is 0 Å². The molecule has 1 aromatic rings. The maximum absolute atomic E-state index is 13.2. The molecule has 0 saturated carbocycles. The third-order valence-corrected chi connectivity index (χ3v) is 2.25. The third-order valence-electron chi connectivity index (χ3n) is 2.25. The van der Waals surface area contributed by atoms with E-state index in [0.717, 1.165) is 12.1 Å². The maximum Gasteiger partial charge on any atom is 0.305 e. The van der Waals surface area contributed by atoms with Crippen LogP contribution in [0.3, 0.4) is 0 Å². The van der Waals surface area contributed by atoms with Crippen molar-refractivity contribution >= 4 is 11.9 Å². The van der Waals surface area contributed by atoms with Crippen LogP contribution in [0.5, 0.6) is 0 Å². The van der Waals surface area contributed by atoms with E-state index in [1.54, 1.807) is 0 Å². The minimum Gasteiger partial charge on any atom is -0.469 e. The second-order valence-corrected chi connectivity index (χ2v) is 3.56. The summed E-state index contributed by atoms with van der Waals surface area (Å²) in [7, 11) is 1.27. The Morgan fingerprint density at radius 2 is 2.06 bits per heavy atom. The van der Waals surface area contributed by atoms with E-state index in [0.29, 0.717) is 12.5 Å². The Kier molecular flexibility index (Phi) is 5.23. The van der Waals surface area contributed by atoms with Crippen LogP contribution in [0.15, 0.2) is 18.2 Å². The number of rotatable bonds is 5. The first-order chi connectivity index (χ1) is 8.54. The van der Waals surface area contributed by atoms with Crippen molar-refractivity contribution in [2.45, 2.75) is 12.8 Å². The Balaban J connectivity index is 2.43. The lowest BCUT2D eigenvalue weighted by Crippen LogP contribution is -2.26. The van der Waals surface area contributed by atoms with Crippen LogP contribution in [0.4, 0.5) is 8.78 Å². The SMILES string of the molecule is COC(=O)CCCNC(=O)c1ccc(F)cc1F. The fourth-order valence-electron chi connectivity index (χ4n) is 1.31. The van der Waals surface area contributed by atoms with E-state index in [1.165, 1.54) is 7.11 Å². The first-order valence-corrected chi connectivity index (χ1v) is 5.34. The predicted molar refractivity (Wildman–Crippen MR) is 59.9 cm³/mol. The van der Waals surface area contributed by atoms with Gasteiger partial charge in [-0.05, 0) is 18.6 Å². The lowest BCUT2D eigenvalue weighted by atomic mass is 10.2. The first kappa shape index (κ1) is 14.1. The van der Waals surface area contributed by atoms with Crippen LogP contribution < -0.4 is 5.32 Å². The number of hydrogen-bond acceptors (Lipinski definition) is 3. The standard InChI is InChI=1S/C12H13F2NO3/c1-18-11(16)3-2-6-15-12(17)9-5-4-8(13)7-10(9)14/h4-5,7H,2-3,6H2,1H3,(H,15,17). The molecule has 0 fully saturated rings. The van der Waals surface area contributed by atoms with E-state index in [-0.39, 0.29) is 24.5 Å². The molecule has 0 aliphatic heterocycles. The topological polar surface area (TPSA) is 55.4 Å². The number of esters is 1. The summed E-state index contributed by atoms with van der Waals surface area (Å²) >= 11 is 0. The number of hydrogen-bond donors (Lipinski definition) is 1. The summed E-state index contributed by atoms with van der Waals surface area (Å²) in [5, 5.41) is 2.43. The number of nitrogens with one attached hydrogen (secondary N) is 1. The number of ether oxygens (including phenoxy) is 1. The average molecular weight is 257 g/mol. The van der Waals surface area contributed by atoms with Crippen molar-refractivity contribution in [1.82, 2.24) is 5.32 Å². The summed E-state index contributed by atoms with van der Waals surface area (Å²) in [5.74, 6) is -2.68. The molecule has 0 radical (unpaired) electrons. The molecule has 0 saturated heterocycles. The van der Waals surface area contributed by atoms with Crippen LogP contribution >= 0.6 is 0 Å². The largest absolute Gasteiger partial charge is 0.469 e. The fraction of sp³-hybridized carbons (Fsp3) is 0.333. The van der Waals surface area contributed by atoms with Crippen LogP contribution in [-0.2, 0) is 9.53 Å². The van der Waals surface area contributed by atoms with Gasteiger partial charge in [0.1, 0.15) is 11.6 Å². The van der Waals surface area contributed by atoms with Gasteiger partial charge in [0.2, 0.25) is 0 Å². The molecule has 0 atom stereocenters. The molecule has 1 amide bonds. The molecule has 0 aliphatic rings.